The first kappa shape index (κ1) is 33.8. The highest BCUT2D eigenvalue weighted by molar-refractivity contribution is 7.98. The topological polar surface area (TPSA) is 54.4 Å². The molecule has 0 amide bonds. The Morgan fingerprint density at radius 2 is 1.74 bits per heavy atom. The Morgan fingerprint density at radius 1 is 1.00 bits per heavy atom. The van der Waals surface area contributed by atoms with Crippen molar-refractivity contribution in [2.45, 2.75) is 72.1 Å². The molecule has 1 atom stereocenters. The van der Waals surface area contributed by atoms with Crippen molar-refractivity contribution in [3.05, 3.63) is 82.7 Å². The van der Waals surface area contributed by atoms with Gasteiger partial charge in [-0.2, -0.15) is 24.9 Å². The molecule has 5 rings (SSSR count). The van der Waals surface area contributed by atoms with Crippen LogP contribution in [0.3, 0.4) is 0 Å². The van der Waals surface area contributed by atoms with Gasteiger partial charge in [0.05, 0.1) is 42.7 Å². The lowest BCUT2D eigenvalue weighted by molar-refractivity contribution is -0.137. The third kappa shape index (κ3) is 8.24. The van der Waals surface area contributed by atoms with Gasteiger partial charge < -0.3 is 14.5 Å². The quantitative estimate of drug-likeness (QED) is 0.134. The third-order valence-corrected chi connectivity index (χ3v) is 9.38. The van der Waals surface area contributed by atoms with Gasteiger partial charge in [-0.25, -0.2) is 15.0 Å². The van der Waals surface area contributed by atoms with Crippen LogP contribution in [0.5, 0.6) is 5.75 Å². The number of alkyl halides is 3. The fourth-order valence-electron chi connectivity index (χ4n) is 6.33. The van der Waals surface area contributed by atoms with Gasteiger partial charge in [0, 0.05) is 29.8 Å². The van der Waals surface area contributed by atoms with Crippen LogP contribution in [0, 0.1) is 19.8 Å². The van der Waals surface area contributed by atoms with Gasteiger partial charge in [0.25, 0.3) is 0 Å². The summed E-state index contributed by atoms with van der Waals surface area (Å²) in [6.07, 6.45) is 5.80. The minimum absolute atomic E-state index is 0.358. The van der Waals surface area contributed by atoms with E-state index in [0.29, 0.717) is 41.9 Å². The average molecular weight is 652 g/mol. The zero-order valence-electron chi connectivity index (χ0n) is 27.4. The van der Waals surface area contributed by atoms with E-state index in [4.69, 9.17) is 9.72 Å². The summed E-state index contributed by atoms with van der Waals surface area (Å²) >= 11 is 1.69. The van der Waals surface area contributed by atoms with Gasteiger partial charge in [0.2, 0.25) is 5.95 Å². The SMILES string of the molecule is CCN(CC1CCCC1)c1nc2ccc(C)cc2cc1CN(c1ncc(OCCSC)cn1)C(C)c1cc(C)cc(C(F)(F)F)c1. The molecule has 0 spiro atoms. The van der Waals surface area contributed by atoms with Gasteiger partial charge >= 0.3 is 6.18 Å². The molecule has 1 saturated carbocycles. The number of benzene rings is 2. The summed E-state index contributed by atoms with van der Waals surface area (Å²) in [4.78, 5) is 18.9. The Labute approximate surface area is 274 Å². The van der Waals surface area contributed by atoms with Crippen LogP contribution < -0.4 is 14.5 Å². The van der Waals surface area contributed by atoms with Crippen molar-refractivity contribution >= 4 is 34.4 Å². The van der Waals surface area contributed by atoms with Gasteiger partial charge in [-0.3, -0.25) is 0 Å². The highest BCUT2D eigenvalue weighted by Gasteiger charge is 2.32. The standard InChI is InChI=1S/C36H44F3N5OS/c1-6-43(22-27-9-7-8-10-27)34-30(18-29-15-24(2)11-12-33(29)42-34)23-44(35-40-20-32(21-41-35)45-13-14-46-5)26(4)28-16-25(3)17-31(19-28)36(37,38)39/h11-12,15-21,26-27H,6-10,13-14,22-23H2,1-5H3. The van der Waals surface area contributed by atoms with E-state index in [2.05, 4.69) is 53.0 Å². The number of ether oxygens (including phenoxy) is 1. The largest absolute Gasteiger partial charge is 0.489 e. The molecule has 246 valence electrons. The molecule has 6 nitrogen and oxygen atoms in total. The molecular formula is C36H44F3N5OS. The Balaban J connectivity index is 1.59. The molecule has 4 aromatic rings. The van der Waals surface area contributed by atoms with Crippen molar-refractivity contribution in [3.63, 3.8) is 0 Å². The van der Waals surface area contributed by atoms with Crippen molar-refractivity contribution in [2.24, 2.45) is 5.92 Å². The summed E-state index contributed by atoms with van der Waals surface area (Å²) < 4.78 is 47.5. The predicted octanol–water partition coefficient (Wildman–Crippen LogP) is 9.19. The highest BCUT2D eigenvalue weighted by Crippen LogP contribution is 2.36. The summed E-state index contributed by atoms with van der Waals surface area (Å²) in [5.74, 6) is 3.33. The zero-order chi connectivity index (χ0) is 32.8. The Bertz CT molecular complexity index is 1610. The summed E-state index contributed by atoms with van der Waals surface area (Å²) in [6.45, 7) is 10.4. The molecule has 1 aliphatic rings. The van der Waals surface area contributed by atoms with E-state index in [1.165, 1.54) is 37.8 Å². The van der Waals surface area contributed by atoms with E-state index in [0.717, 1.165) is 46.7 Å². The maximum atomic E-state index is 13.9. The van der Waals surface area contributed by atoms with Crippen molar-refractivity contribution in [3.8, 4) is 5.75 Å². The minimum Gasteiger partial charge on any atom is -0.489 e. The van der Waals surface area contributed by atoms with Gasteiger partial charge in [0.1, 0.15) is 5.82 Å². The highest BCUT2D eigenvalue weighted by atomic mass is 32.2. The monoisotopic (exact) mass is 651 g/mol. The molecule has 0 bridgehead atoms. The van der Waals surface area contributed by atoms with Gasteiger partial charge in [0.15, 0.2) is 5.75 Å². The Morgan fingerprint density at radius 3 is 2.41 bits per heavy atom. The van der Waals surface area contributed by atoms with E-state index in [-0.39, 0.29) is 0 Å². The van der Waals surface area contributed by atoms with E-state index in [1.54, 1.807) is 31.1 Å². The second-order valence-corrected chi connectivity index (χ2v) is 13.3. The molecule has 1 fully saturated rings. The molecule has 0 radical (unpaired) electrons. The number of fused-ring (bicyclic) bond motifs is 1. The maximum Gasteiger partial charge on any atom is 0.416 e. The number of thioether (sulfide) groups is 1. The zero-order valence-corrected chi connectivity index (χ0v) is 28.2. The number of rotatable bonds is 13. The number of aryl methyl sites for hydroxylation is 2. The van der Waals surface area contributed by atoms with E-state index >= 15 is 0 Å². The van der Waals surface area contributed by atoms with Crippen LogP contribution >= 0.6 is 11.8 Å². The van der Waals surface area contributed by atoms with Gasteiger partial charge in [-0.15, -0.1) is 0 Å². The molecule has 0 aliphatic heterocycles. The molecule has 2 heterocycles. The summed E-state index contributed by atoms with van der Waals surface area (Å²) in [6, 6.07) is 12.2. The molecule has 2 aromatic heterocycles. The number of aromatic nitrogens is 3. The van der Waals surface area contributed by atoms with Crippen molar-refractivity contribution in [1.82, 2.24) is 15.0 Å². The second-order valence-electron chi connectivity index (χ2n) is 12.4. The Kier molecular flexibility index (Phi) is 11.0. The lowest BCUT2D eigenvalue weighted by atomic mass is 9.99. The van der Waals surface area contributed by atoms with Crippen LogP contribution in [0.15, 0.2) is 54.9 Å². The lowest BCUT2D eigenvalue weighted by Gasteiger charge is -2.33. The first-order valence-corrected chi connectivity index (χ1v) is 17.5. The first-order valence-electron chi connectivity index (χ1n) is 16.1. The third-order valence-electron chi connectivity index (χ3n) is 8.81. The number of halogens is 3. The van der Waals surface area contributed by atoms with Gasteiger partial charge in [-0.1, -0.05) is 36.1 Å². The van der Waals surface area contributed by atoms with Crippen LogP contribution in [0.2, 0.25) is 0 Å². The predicted molar refractivity (Wildman–Crippen MR) is 183 cm³/mol. The number of hydrogen-bond donors (Lipinski definition) is 0. The average Bonchev–Trinajstić information content (AvgIpc) is 3.55. The van der Waals surface area contributed by atoms with Crippen LogP contribution in [0.4, 0.5) is 24.9 Å². The number of nitrogens with zero attached hydrogens (tertiary/aromatic N) is 5. The molecule has 10 heteroatoms. The molecular weight excluding hydrogens is 607 g/mol. The van der Waals surface area contributed by atoms with Crippen molar-refractivity contribution in [1.29, 1.82) is 0 Å². The Hall–Kier alpha value is -3.53. The fourth-order valence-corrected chi connectivity index (χ4v) is 6.58. The molecule has 0 saturated heterocycles. The molecule has 1 unspecified atom stereocenters. The second kappa shape index (κ2) is 14.9. The van der Waals surface area contributed by atoms with Crippen LogP contribution in [-0.2, 0) is 12.7 Å². The maximum absolute atomic E-state index is 13.9. The number of anilines is 2. The van der Waals surface area contributed by atoms with E-state index in [1.807, 2.05) is 24.1 Å². The summed E-state index contributed by atoms with van der Waals surface area (Å²) in [5, 5.41) is 1.02. The molecule has 2 aromatic carbocycles. The van der Waals surface area contributed by atoms with Crippen LogP contribution in [0.1, 0.15) is 73.4 Å². The van der Waals surface area contributed by atoms with Crippen molar-refractivity contribution < 1.29 is 17.9 Å². The van der Waals surface area contributed by atoms with E-state index < -0.39 is 17.8 Å². The van der Waals surface area contributed by atoms with E-state index in [9.17, 15) is 13.2 Å². The minimum atomic E-state index is -4.45. The smallest absolute Gasteiger partial charge is 0.416 e. The summed E-state index contributed by atoms with van der Waals surface area (Å²) in [5.41, 5.74) is 3.47. The van der Waals surface area contributed by atoms with Crippen LogP contribution in [-0.4, -0.2) is 46.7 Å². The lowest BCUT2D eigenvalue weighted by Crippen LogP contribution is -2.33. The fraction of sp³-hybridized carbons (Fsp3) is 0.472. The van der Waals surface area contributed by atoms with Gasteiger partial charge in [-0.05, 0) is 88.6 Å². The number of hydrogen-bond acceptors (Lipinski definition) is 7. The molecule has 0 N–H and O–H groups in total. The summed E-state index contributed by atoms with van der Waals surface area (Å²) in [7, 11) is 0. The number of pyridine rings is 1. The normalized spacial score (nSPS) is 14.5. The molecule has 46 heavy (non-hydrogen) atoms. The van der Waals surface area contributed by atoms with Crippen molar-refractivity contribution in [2.75, 3.05) is 41.5 Å². The molecule has 1 aliphatic carbocycles. The first-order chi connectivity index (χ1) is 22.0. The van der Waals surface area contributed by atoms with Crippen LogP contribution in [0.25, 0.3) is 10.9 Å².